The smallest absolute Gasteiger partial charge is 0.276 e. The van der Waals surface area contributed by atoms with Crippen molar-refractivity contribution in [2.45, 2.75) is 31.2 Å². The monoisotopic (exact) mass is 348 g/mol. The lowest BCUT2D eigenvalue weighted by molar-refractivity contribution is 0.372. The van der Waals surface area contributed by atoms with Crippen LogP contribution in [0.2, 0.25) is 0 Å². The van der Waals surface area contributed by atoms with Gasteiger partial charge in [-0.2, -0.15) is 10.1 Å². The molecule has 0 atom stereocenters. The van der Waals surface area contributed by atoms with Gasteiger partial charge in [-0.05, 0) is 34.8 Å². The minimum atomic E-state index is -0.462. The highest BCUT2D eigenvalue weighted by molar-refractivity contribution is 9.10. The van der Waals surface area contributed by atoms with Crippen LogP contribution in [0.25, 0.3) is 22.6 Å². The maximum atomic E-state index is 6.35. The first-order valence-corrected chi connectivity index (χ1v) is 7.58. The van der Waals surface area contributed by atoms with Gasteiger partial charge in [0.05, 0.1) is 10.9 Å². The zero-order valence-electron chi connectivity index (χ0n) is 11.1. The van der Waals surface area contributed by atoms with Gasteiger partial charge in [0.1, 0.15) is 5.69 Å². The van der Waals surface area contributed by atoms with E-state index in [9.17, 15) is 0 Å². The van der Waals surface area contributed by atoms with Crippen molar-refractivity contribution in [2.75, 3.05) is 0 Å². The number of H-pyrrole nitrogens is 1. The van der Waals surface area contributed by atoms with Gasteiger partial charge in [0.25, 0.3) is 5.89 Å². The molecule has 7 nitrogen and oxygen atoms in total. The summed E-state index contributed by atoms with van der Waals surface area (Å²) in [5.74, 6) is 0.963. The van der Waals surface area contributed by atoms with E-state index >= 15 is 0 Å². The van der Waals surface area contributed by atoms with Crippen LogP contribution in [0.1, 0.15) is 31.5 Å². The predicted octanol–water partition coefficient (Wildman–Crippen LogP) is 2.50. The zero-order chi connectivity index (χ0) is 14.4. The van der Waals surface area contributed by atoms with Crippen LogP contribution >= 0.6 is 15.9 Å². The van der Waals surface area contributed by atoms with Crippen LogP contribution in [-0.2, 0) is 5.54 Å². The first-order valence-electron chi connectivity index (χ1n) is 6.79. The quantitative estimate of drug-likeness (QED) is 0.736. The number of hydrogen-bond acceptors (Lipinski definition) is 6. The van der Waals surface area contributed by atoms with Crippen molar-refractivity contribution in [1.29, 1.82) is 0 Å². The van der Waals surface area contributed by atoms with Gasteiger partial charge < -0.3 is 10.3 Å². The molecule has 0 amide bonds. The molecular weight excluding hydrogens is 336 g/mol. The molecule has 108 valence electrons. The molecule has 3 heterocycles. The molecule has 0 bridgehead atoms. The predicted molar refractivity (Wildman–Crippen MR) is 79.2 cm³/mol. The third-order valence-electron chi connectivity index (χ3n) is 3.96. The van der Waals surface area contributed by atoms with E-state index in [1.807, 2.05) is 6.07 Å². The molecule has 0 aromatic carbocycles. The van der Waals surface area contributed by atoms with Crippen molar-refractivity contribution in [3.05, 3.63) is 22.6 Å². The van der Waals surface area contributed by atoms with Crippen LogP contribution < -0.4 is 5.73 Å². The Morgan fingerprint density at radius 3 is 2.95 bits per heavy atom. The van der Waals surface area contributed by atoms with Crippen molar-refractivity contribution in [3.8, 4) is 11.6 Å². The summed E-state index contributed by atoms with van der Waals surface area (Å²) in [6.45, 7) is 0. The van der Waals surface area contributed by atoms with E-state index in [1.165, 1.54) is 0 Å². The van der Waals surface area contributed by atoms with Crippen LogP contribution in [0.3, 0.4) is 0 Å². The molecule has 0 spiro atoms. The average Bonchev–Trinajstić information content (AvgIpc) is 3.16. The fourth-order valence-electron chi connectivity index (χ4n) is 2.79. The Kier molecular flexibility index (Phi) is 2.83. The molecule has 1 aliphatic carbocycles. The fourth-order valence-corrected chi connectivity index (χ4v) is 3.13. The first-order chi connectivity index (χ1) is 10.2. The van der Waals surface area contributed by atoms with Crippen LogP contribution in [0.15, 0.2) is 21.3 Å². The Labute approximate surface area is 128 Å². The minimum Gasteiger partial charge on any atom is -0.332 e. The van der Waals surface area contributed by atoms with E-state index in [1.54, 1.807) is 6.20 Å². The van der Waals surface area contributed by atoms with Gasteiger partial charge in [0.15, 0.2) is 11.5 Å². The molecule has 3 aromatic heterocycles. The van der Waals surface area contributed by atoms with Gasteiger partial charge in [-0.1, -0.05) is 18.0 Å². The molecule has 1 fully saturated rings. The first kappa shape index (κ1) is 12.9. The van der Waals surface area contributed by atoms with Crippen LogP contribution in [-0.4, -0.2) is 25.3 Å². The molecule has 0 unspecified atom stereocenters. The largest absolute Gasteiger partial charge is 0.332 e. The highest BCUT2D eigenvalue weighted by Crippen LogP contribution is 2.36. The Hall–Kier alpha value is -1.80. The second-order valence-electron chi connectivity index (χ2n) is 5.41. The Bertz CT molecular complexity index is 804. The van der Waals surface area contributed by atoms with Gasteiger partial charge in [-0.3, -0.25) is 5.10 Å². The molecule has 1 aliphatic rings. The number of nitrogens with one attached hydrogen (secondary N) is 1. The van der Waals surface area contributed by atoms with Crippen LogP contribution in [0.4, 0.5) is 0 Å². The number of aromatic nitrogens is 5. The van der Waals surface area contributed by atoms with E-state index in [2.05, 4.69) is 41.3 Å². The molecule has 21 heavy (non-hydrogen) atoms. The maximum absolute atomic E-state index is 6.35. The average molecular weight is 349 g/mol. The van der Waals surface area contributed by atoms with E-state index in [-0.39, 0.29) is 0 Å². The van der Waals surface area contributed by atoms with Crippen LogP contribution in [0.5, 0.6) is 0 Å². The maximum Gasteiger partial charge on any atom is 0.276 e. The Morgan fingerprint density at radius 1 is 1.33 bits per heavy atom. The number of aromatic amines is 1. The van der Waals surface area contributed by atoms with Gasteiger partial charge in [-0.25, -0.2) is 4.98 Å². The third kappa shape index (κ3) is 2.06. The van der Waals surface area contributed by atoms with Crippen molar-refractivity contribution in [3.63, 3.8) is 0 Å². The Balaban J connectivity index is 1.79. The SMILES string of the molecule is NC1(c2noc(-c3[nH]nc4ncc(Br)cc34)n2)CCCC1. The van der Waals surface area contributed by atoms with Crippen molar-refractivity contribution in [1.82, 2.24) is 25.3 Å². The normalized spacial score (nSPS) is 17.6. The summed E-state index contributed by atoms with van der Waals surface area (Å²) in [7, 11) is 0. The molecule has 3 aromatic rings. The summed E-state index contributed by atoms with van der Waals surface area (Å²) < 4.78 is 6.24. The number of pyridine rings is 1. The second-order valence-corrected chi connectivity index (χ2v) is 6.33. The summed E-state index contributed by atoms with van der Waals surface area (Å²) in [5.41, 5.74) is 7.16. The molecule has 8 heteroatoms. The fraction of sp³-hybridized carbons (Fsp3) is 0.385. The number of nitrogens with zero attached hydrogens (tertiary/aromatic N) is 4. The summed E-state index contributed by atoms with van der Waals surface area (Å²) >= 11 is 3.40. The highest BCUT2D eigenvalue weighted by Gasteiger charge is 2.36. The lowest BCUT2D eigenvalue weighted by atomic mass is 9.99. The molecule has 1 saturated carbocycles. The number of fused-ring (bicyclic) bond motifs is 1. The molecule has 0 aliphatic heterocycles. The third-order valence-corrected chi connectivity index (χ3v) is 4.39. The van der Waals surface area contributed by atoms with Gasteiger partial charge in [-0.15, -0.1) is 0 Å². The summed E-state index contributed by atoms with van der Waals surface area (Å²) in [6.07, 6.45) is 5.68. The van der Waals surface area contributed by atoms with Crippen molar-refractivity contribution >= 4 is 27.0 Å². The van der Waals surface area contributed by atoms with Gasteiger partial charge in [0, 0.05) is 10.7 Å². The molecule has 0 radical (unpaired) electrons. The van der Waals surface area contributed by atoms with Crippen molar-refractivity contribution < 1.29 is 4.52 Å². The summed E-state index contributed by atoms with van der Waals surface area (Å²) in [6, 6.07) is 1.92. The number of halogens is 1. The lowest BCUT2D eigenvalue weighted by Gasteiger charge is -2.17. The van der Waals surface area contributed by atoms with E-state index in [0.29, 0.717) is 23.1 Å². The standard InChI is InChI=1S/C13H13BrN6O/c14-7-5-8-9(18-19-10(8)16-6-7)11-17-12(20-21-11)13(15)3-1-2-4-13/h5-6H,1-4,15H2,(H,16,18,19). The number of rotatable bonds is 2. The number of hydrogen-bond donors (Lipinski definition) is 2. The number of nitrogens with two attached hydrogens (primary N) is 1. The van der Waals surface area contributed by atoms with Crippen LogP contribution in [0, 0.1) is 0 Å². The molecule has 0 saturated heterocycles. The van der Waals surface area contributed by atoms with Gasteiger partial charge >= 0.3 is 0 Å². The second kappa shape index (κ2) is 4.60. The van der Waals surface area contributed by atoms with E-state index in [0.717, 1.165) is 35.5 Å². The lowest BCUT2D eigenvalue weighted by Crippen LogP contribution is -2.34. The molecule has 4 rings (SSSR count). The Morgan fingerprint density at radius 2 is 2.14 bits per heavy atom. The summed E-state index contributed by atoms with van der Waals surface area (Å²) in [4.78, 5) is 8.69. The molecule has 3 N–H and O–H groups in total. The van der Waals surface area contributed by atoms with E-state index in [4.69, 9.17) is 10.3 Å². The van der Waals surface area contributed by atoms with Crippen molar-refractivity contribution in [2.24, 2.45) is 5.73 Å². The minimum absolute atomic E-state index is 0.393. The zero-order valence-corrected chi connectivity index (χ0v) is 12.7. The van der Waals surface area contributed by atoms with E-state index < -0.39 is 5.54 Å². The topological polar surface area (TPSA) is 107 Å². The van der Waals surface area contributed by atoms with Gasteiger partial charge in [0.2, 0.25) is 0 Å². The molecular formula is C13H13BrN6O. The highest BCUT2D eigenvalue weighted by atomic mass is 79.9. The summed E-state index contributed by atoms with van der Waals surface area (Å²) in [5, 5.41) is 11.9.